The van der Waals surface area contributed by atoms with Crippen LogP contribution in [0.1, 0.15) is 110 Å². The van der Waals surface area contributed by atoms with E-state index in [0.29, 0.717) is 35.7 Å². The summed E-state index contributed by atoms with van der Waals surface area (Å²) in [4.78, 5) is 14.0. The highest BCUT2D eigenvalue weighted by molar-refractivity contribution is 6.58. The minimum absolute atomic E-state index is 0.0289. The quantitative estimate of drug-likeness (QED) is 0.267. The summed E-state index contributed by atoms with van der Waals surface area (Å²) in [7, 11) is -1.43. The van der Waals surface area contributed by atoms with Crippen molar-refractivity contribution in [2.24, 2.45) is 50.7 Å². The van der Waals surface area contributed by atoms with Crippen molar-refractivity contribution in [1.82, 2.24) is 0 Å². The maximum absolute atomic E-state index is 14.0. The molecule has 0 heterocycles. The molecule has 0 bridgehead atoms. The van der Waals surface area contributed by atoms with Crippen LogP contribution in [0.2, 0.25) is 0 Å². The summed E-state index contributed by atoms with van der Waals surface area (Å²) >= 11 is 0. The third kappa shape index (κ3) is 4.49. The molecule has 3 unspecified atom stereocenters. The molecule has 7 rings (SSSR count). The van der Waals surface area contributed by atoms with Crippen molar-refractivity contribution < 1.29 is 19.6 Å². The van der Waals surface area contributed by atoms with Crippen molar-refractivity contribution in [1.29, 1.82) is 0 Å². The van der Waals surface area contributed by atoms with Crippen LogP contribution < -0.4 is 5.46 Å². The molecule has 5 aliphatic carbocycles. The molecule has 240 valence electrons. The maximum Gasteiger partial charge on any atom is 0.488 e. The van der Waals surface area contributed by atoms with E-state index in [2.05, 4.69) is 65.0 Å². The van der Waals surface area contributed by atoms with E-state index in [1.54, 1.807) is 0 Å². The molecule has 45 heavy (non-hydrogen) atoms. The van der Waals surface area contributed by atoms with E-state index in [1.807, 2.05) is 30.3 Å². The zero-order chi connectivity index (χ0) is 31.8. The first-order valence-electron chi connectivity index (χ1n) is 17.8. The largest absolute Gasteiger partial charge is 0.488 e. The molecular weight excluding hydrogens is 555 g/mol. The SMILES string of the molecule is CC1(C)C(c2ccc(B(O)O)cc2)=CC[C@@]2(C)C1CC[C@]1(C)C2CC[C@@H]2C3CCC[C@]3(C(=O)OCc3ccccc3)CC[C@]21C. The Hall–Kier alpha value is -2.37. The zero-order valence-electron chi connectivity index (χ0n) is 28.1. The Morgan fingerprint density at radius 1 is 0.800 bits per heavy atom. The molecule has 0 saturated heterocycles. The predicted octanol–water partition coefficient (Wildman–Crippen LogP) is 7.96. The number of ether oxygens (including phenoxy) is 1. The van der Waals surface area contributed by atoms with Gasteiger partial charge in [-0.15, -0.1) is 0 Å². The lowest BCUT2D eigenvalue weighted by Gasteiger charge is -2.72. The molecular formula is C40H53BO4. The number of carbonyl (C=O) groups excluding carboxylic acids is 1. The molecule has 5 aliphatic rings. The van der Waals surface area contributed by atoms with Gasteiger partial charge in [0.25, 0.3) is 0 Å². The van der Waals surface area contributed by atoms with Crippen molar-refractivity contribution in [3.05, 3.63) is 71.8 Å². The van der Waals surface area contributed by atoms with E-state index in [1.165, 1.54) is 43.2 Å². The van der Waals surface area contributed by atoms with E-state index in [0.717, 1.165) is 37.7 Å². The summed E-state index contributed by atoms with van der Waals surface area (Å²) < 4.78 is 6.12. The van der Waals surface area contributed by atoms with Crippen molar-refractivity contribution in [2.75, 3.05) is 0 Å². The molecule has 5 heteroatoms. The van der Waals surface area contributed by atoms with Crippen LogP contribution in [0.5, 0.6) is 0 Å². The summed E-state index contributed by atoms with van der Waals surface area (Å²) in [6.07, 6.45) is 14.1. The van der Waals surface area contributed by atoms with E-state index in [9.17, 15) is 14.8 Å². The number of carbonyl (C=O) groups is 1. The Morgan fingerprint density at radius 3 is 2.24 bits per heavy atom. The van der Waals surface area contributed by atoms with Crippen molar-refractivity contribution >= 4 is 24.1 Å². The number of fused-ring (bicyclic) bond motifs is 7. The second kappa shape index (κ2) is 10.8. The Bertz CT molecular complexity index is 1460. The molecule has 8 atom stereocenters. The number of esters is 1. The monoisotopic (exact) mass is 608 g/mol. The normalized spacial score (nSPS) is 39.8. The second-order valence-corrected chi connectivity index (χ2v) is 16.9. The fourth-order valence-electron chi connectivity index (χ4n) is 12.7. The van der Waals surface area contributed by atoms with Gasteiger partial charge in [0.15, 0.2) is 0 Å². The topological polar surface area (TPSA) is 66.8 Å². The molecule has 0 aliphatic heterocycles. The van der Waals surface area contributed by atoms with Crippen LogP contribution in [0.25, 0.3) is 5.57 Å². The lowest BCUT2D eigenvalue weighted by atomic mass is 9.32. The Labute approximate surface area is 271 Å². The third-order valence-corrected chi connectivity index (χ3v) is 15.1. The highest BCUT2D eigenvalue weighted by atomic mass is 16.5. The molecule has 0 aromatic heterocycles. The Morgan fingerprint density at radius 2 is 1.53 bits per heavy atom. The molecule has 0 spiro atoms. The molecule has 4 fully saturated rings. The van der Waals surface area contributed by atoms with Gasteiger partial charge in [0, 0.05) is 0 Å². The minimum Gasteiger partial charge on any atom is -0.460 e. The fourth-order valence-corrected chi connectivity index (χ4v) is 12.7. The minimum atomic E-state index is -1.43. The Balaban J connectivity index is 1.16. The lowest BCUT2D eigenvalue weighted by molar-refractivity contribution is -0.226. The number of rotatable bonds is 5. The molecule has 2 aromatic rings. The van der Waals surface area contributed by atoms with Crippen LogP contribution in [0.15, 0.2) is 60.7 Å². The average molecular weight is 609 g/mol. The maximum atomic E-state index is 14.0. The van der Waals surface area contributed by atoms with Gasteiger partial charge in [-0.1, -0.05) is 102 Å². The standard InChI is InChI=1S/C40H53BO4/c1-36(2)30(28-13-15-29(16-14-28)41(43)44)19-22-37(3)33(36)20-23-39(5)34(37)18-17-31-32-12-9-21-40(32,25-24-38(31,39)4)35(42)45-26-27-10-7-6-8-11-27/h6-8,10-11,13-16,19,31-34,43-44H,9,12,17-18,20-26H2,1-5H3/t31-,32?,33?,34?,37+,38-,39-,40+/m1/s1. The number of hydrogen-bond donors (Lipinski definition) is 2. The Kier molecular flexibility index (Phi) is 7.53. The van der Waals surface area contributed by atoms with Gasteiger partial charge in [0.1, 0.15) is 6.61 Å². The smallest absolute Gasteiger partial charge is 0.460 e. The first kappa shape index (κ1) is 31.2. The number of hydrogen-bond acceptors (Lipinski definition) is 4. The van der Waals surface area contributed by atoms with Gasteiger partial charge in [-0.25, -0.2) is 0 Å². The molecule has 0 radical (unpaired) electrons. The summed E-state index contributed by atoms with van der Waals surface area (Å²) in [5.41, 5.74) is 4.68. The number of allylic oxidation sites excluding steroid dienone is 2. The fraction of sp³-hybridized carbons (Fsp3) is 0.625. The van der Waals surface area contributed by atoms with Crippen molar-refractivity contribution in [3.63, 3.8) is 0 Å². The predicted molar refractivity (Wildman–Crippen MR) is 181 cm³/mol. The third-order valence-electron chi connectivity index (χ3n) is 15.1. The summed E-state index contributed by atoms with van der Waals surface area (Å²) in [6, 6.07) is 18.0. The average Bonchev–Trinajstić information content (AvgIpc) is 3.46. The van der Waals surface area contributed by atoms with Crippen LogP contribution in [0.3, 0.4) is 0 Å². The second-order valence-electron chi connectivity index (χ2n) is 16.9. The lowest BCUT2D eigenvalue weighted by Crippen LogP contribution is -2.65. The zero-order valence-corrected chi connectivity index (χ0v) is 28.1. The van der Waals surface area contributed by atoms with Crippen LogP contribution in [-0.4, -0.2) is 23.1 Å². The first-order valence-corrected chi connectivity index (χ1v) is 17.8. The van der Waals surface area contributed by atoms with Gasteiger partial charge >= 0.3 is 13.1 Å². The van der Waals surface area contributed by atoms with Gasteiger partial charge in [0.2, 0.25) is 0 Å². The summed E-state index contributed by atoms with van der Waals surface area (Å²) in [5, 5.41) is 19.3. The van der Waals surface area contributed by atoms with Crippen LogP contribution in [0, 0.1) is 50.7 Å². The van der Waals surface area contributed by atoms with Gasteiger partial charge < -0.3 is 14.8 Å². The summed E-state index contributed by atoms with van der Waals surface area (Å²) in [5.74, 6) is 2.36. The van der Waals surface area contributed by atoms with Crippen molar-refractivity contribution in [3.8, 4) is 0 Å². The van der Waals surface area contributed by atoms with Gasteiger partial charge in [-0.3, -0.25) is 4.79 Å². The van der Waals surface area contributed by atoms with E-state index in [-0.39, 0.29) is 33.0 Å². The molecule has 2 aromatic carbocycles. The first-order chi connectivity index (χ1) is 21.4. The number of benzene rings is 2. The van der Waals surface area contributed by atoms with Gasteiger partial charge in [-0.2, -0.15) is 0 Å². The highest BCUT2D eigenvalue weighted by Gasteiger charge is 2.70. The van der Waals surface area contributed by atoms with E-state index >= 15 is 0 Å². The van der Waals surface area contributed by atoms with Crippen LogP contribution in [0.4, 0.5) is 0 Å². The van der Waals surface area contributed by atoms with Crippen LogP contribution >= 0.6 is 0 Å². The molecule has 4 saturated carbocycles. The van der Waals surface area contributed by atoms with Gasteiger partial charge in [0.05, 0.1) is 5.41 Å². The molecule has 4 nitrogen and oxygen atoms in total. The highest BCUT2D eigenvalue weighted by Crippen LogP contribution is 2.77. The van der Waals surface area contributed by atoms with E-state index in [4.69, 9.17) is 4.74 Å². The van der Waals surface area contributed by atoms with Gasteiger partial charge in [-0.05, 0) is 125 Å². The summed E-state index contributed by atoms with van der Waals surface area (Å²) in [6.45, 7) is 13.2. The van der Waals surface area contributed by atoms with Crippen molar-refractivity contribution in [2.45, 2.75) is 105 Å². The van der Waals surface area contributed by atoms with Crippen LogP contribution in [-0.2, 0) is 16.1 Å². The van der Waals surface area contributed by atoms with E-state index < -0.39 is 7.12 Å². The molecule has 0 amide bonds. The molecule has 2 N–H and O–H groups in total.